The van der Waals surface area contributed by atoms with Crippen molar-refractivity contribution in [1.82, 2.24) is 4.90 Å². The maximum Gasteiger partial charge on any atom is 0.409 e. The average Bonchev–Trinajstić information content (AvgIpc) is 2.64. The number of hydrogen-bond acceptors (Lipinski definition) is 7. The van der Waals surface area contributed by atoms with Gasteiger partial charge in [-0.25, -0.2) is 9.59 Å². The highest BCUT2D eigenvalue weighted by atomic mass is 79.9. The van der Waals surface area contributed by atoms with Gasteiger partial charge in [0, 0.05) is 50.2 Å². The zero-order valence-electron chi connectivity index (χ0n) is 16.0. The van der Waals surface area contributed by atoms with Gasteiger partial charge in [-0.15, -0.1) is 0 Å². The van der Waals surface area contributed by atoms with Gasteiger partial charge in [0.25, 0.3) is 0 Å². The number of ether oxygens (including phenoxy) is 3. The third-order valence-corrected chi connectivity index (χ3v) is 4.52. The molecule has 9 heteroatoms. The van der Waals surface area contributed by atoms with Gasteiger partial charge in [0.2, 0.25) is 0 Å². The third kappa shape index (κ3) is 6.07. The normalized spacial score (nSPS) is 10.7. The van der Waals surface area contributed by atoms with Crippen LogP contribution in [0.2, 0.25) is 0 Å². The van der Waals surface area contributed by atoms with Crippen LogP contribution >= 0.6 is 15.9 Å². The van der Waals surface area contributed by atoms with E-state index < -0.39 is 11.7 Å². The fourth-order valence-electron chi connectivity index (χ4n) is 2.49. The van der Waals surface area contributed by atoms with Gasteiger partial charge in [0.15, 0.2) is 6.79 Å². The molecule has 152 valence electrons. The smallest absolute Gasteiger partial charge is 0.409 e. The lowest BCUT2D eigenvalue weighted by Gasteiger charge is -2.17. The minimum absolute atomic E-state index is 0.0433. The molecule has 0 unspecified atom stereocenters. The van der Waals surface area contributed by atoms with E-state index in [1.54, 1.807) is 19.2 Å². The molecule has 0 aliphatic heterocycles. The molecule has 1 aromatic heterocycles. The van der Waals surface area contributed by atoms with Crippen LogP contribution in [0.3, 0.4) is 0 Å². The van der Waals surface area contributed by atoms with E-state index in [1.807, 2.05) is 0 Å². The molecule has 0 saturated heterocycles. The van der Waals surface area contributed by atoms with Crippen LogP contribution in [0.15, 0.2) is 31.9 Å². The number of rotatable bonds is 9. The number of nitrogens with zero attached hydrogens (tertiary/aromatic N) is 1. The highest BCUT2D eigenvalue weighted by Gasteiger charge is 2.14. The SMILES string of the molecule is COCOc1cc2oc(=O)cc(COC(=O)N(C)CCCC(C)=O)c2cc1Br. The fraction of sp³-hybridized carbons (Fsp3) is 0.421. The van der Waals surface area contributed by atoms with Gasteiger partial charge in [-0.1, -0.05) is 0 Å². The predicted molar refractivity (Wildman–Crippen MR) is 105 cm³/mol. The quantitative estimate of drug-likeness (QED) is 0.421. The lowest BCUT2D eigenvalue weighted by atomic mass is 10.1. The number of ketones is 1. The number of fused-ring (bicyclic) bond motifs is 1. The summed E-state index contributed by atoms with van der Waals surface area (Å²) in [6.07, 6.45) is 0.434. The van der Waals surface area contributed by atoms with E-state index in [-0.39, 0.29) is 19.2 Å². The summed E-state index contributed by atoms with van der Waals surface area (Å²) >= 11 is 3.40. The first-order chi connectivity index (χ1) is 13.3. The molecule has 2 rings (SSSR count). The van der Waals surface area contributed by atoms with Crippen molar-refractivity contribution < 1.29 is 28.2 Å². The Labute approximate surface area is 170 Å². The van der Waals surface area contributed by atoms with Gasteiger partial charge < -0.3 is 28.3 Å². The first-order valence-electron chi connectivity index (χ1n) is 8.57. The number of halogens is 1. The average molecular weight is 456 g/mol. The van der Waals surface area contributed by atoms with E-state index in [0.29, 0.717) is 46.1 Å². The lowest BCUT2D eigenvalue weighted by molar-refractivity contribution is -0.117. The number of carbonyl (C=O) groups is 2. The van der Waals surface area contributed by atoms with Crippen molar-refractivity contribution in [2.45, 2.75) is 26.4 Å². The topological polar surface area (TPSA) is 95.3 Å². The number of Topliss-reactive ketones (excluding diaryl/α,β-unsaturated/α-hetero) is 1. The van der Waals surface area contributed by atoms with Crippen LogP contribution in [0.1, 0.15) is 25.3 Å². The molecule has 0 N–H and O–H groups in total. The molecule has 0 aliphatic rings. The van der Waals surface area contributed by atoms with E-state index in [4.69, 9.17) is 18.6 Å². The van der Waals surface area contributed by atoms with Crippen molar-refractivity contribution in [3.8, 4) is 5.75 Å². The van der Waals surface area contributed by atoms with Crippen molar-refractivity contribution in [3.63, 3.8) is 0 Å². The minimum Gasteiger partial charge on any atom is -0.466 e. The summed E-state index contributed by atoms with van der Waals surface area (Å²) in [6.45, 7) is 1.86. The fourth-order valence-corrected chi connectivity index (χ4v) is 2.94. The summed E-state index contributed by atoms with van der Waals surface area (Å²) in [5.74, 6) is 0.528. The molecule has 28 heavy (non-hydrogen) atoms. The summed E-state index contributed by atoms with van der Waals surface area (Å²) in [6, 6.07) is 4.58. The highest BCUT2D eigenvalue weighted by molar-refractivity contribution is 9.10. The number of hydrogen-bond donors (Lipinski definition) is 0. The molecular formula is C19H22BrNO7. The molecule has 0 fully saturated rings. The van der Waals surface area contributed by atoms with E-state index in [1.165, 1.54) is 25.0 Å². The van der Waals surface area contributed by atoms with Crippen molar-refractivity contribution in [2.75, 3.05) is 27.5 Å². The van der Waals surface area contributed by atoms with E-state index in [2.05, 4.69) is 15.9 Å². The summed E-state index contributed by atoms with van der Waals surface area (Å²) in [7, 11) is 3.09. The third-order valence-electron chi connectivity index (χ3n) is 3.90. The molecule has 1 amide bonds. The molecule has 0 atom stereocenters. The Morgan fingerprint density at radius 1 is 1.25 bits per heavy atom. The molecule has 0 spiro atoms. The molecule has 0 bridgehead atoms. The maximum absolute atomic E-state index is 12.1. The molecule has 2 aromatic rings. The van der Waals surface area contributed by atoms with Crippen LogP contribution in [-0.2, 0) is 20.9 Å². The van der Waals surface area contributed by atoms with Crippen molar-refractivity contribution in [1.29, 1.82) is 0 Å². The van der Waals surface area contributed by atoms with Crippen molar-refractivity contribution in [3.05, 3.63) is 38.7 Å². The van der Waals surface area contributed by atoms with Gasteiger partial charge >= 0.3 is 11.7 Å². The number of benzene rings is 1. The second-order valence-corrected chi connectivity index (χ2v) is 7.06. The van der Waals surface area contributed by atoms with Crippen LogP contribution in [-0.4, -0.2) is 44.3 Å². The number of methoxy groups -OCH3 is 1. The molecule has 1 aromatic carbocycles. The molecule has 0 aliphatic carbocycles. The van der Waals surface area contributed by atoms with Crippen LogP contribution in [0.25, 0.3) is 11.0 Å². The van der Waals surface area contributed by atoms with Crippen LogP contribution in [0.5, 0.6) is 5.75 Å². The Morgan fingerprint density at radius 3 is 2.68 bits per heavy atom. The van der Waals surface area contributed by atoms with E-state index >= 15 is 0 Å². The highest BCUT2D eigenvalue weighted by Crippen LogP contribution is 2.31. The van der Waals surface area contributed by atoms with Gasteiger partial charge in [-0.2, -0.15) is 0 Å². The van der Waals surface area contributed by atoms with E-state index in [0.717, 1.165) is 0 Å². The monoisotopic (exact) mass is 455 g/mol. The van der Waals surface area contributed by atoms with Crippen LogP contribution in [0, 0.1) is 0 Å². The zero-order valence-corrected chi connectivity index (χ0v) is 17.5. The second kappa shape index (κ2) is 10.2. The summed E-state index contributed by atoms with van der Waals surface area (Å²) in [5, 5.41) is 0.614. The second-order valence-electron chi connectivity index (χ2n) is 6.20. The van der Waals surface area contributed by atoms with Crippen molar-refractivity contribution >= 4 is 38.8 Å². The molecule has 0 saturated carbocycles. The predicted octanol–water partition coefficient (Wildman–Crippen LogP) is 3.48. The van der Waals surface area contributed by atoms with Crippen molar-refractivity contribution in [2.24, 2.45) is 0 Å². The van der Waals surface area contributed by atoms with Gasteiger partial charge in [0.05, 0.1) is 4.47 Å². The van der Waals surface area contributed by atoms with E-state index in [9.17, 15) is 14.4 Å². The van der Waals surface area contributed by atoms with Gasteiger partial charge in [0.1, 0.15) is 23.7 Å². The Hall–Kier alpha value is -2.39. The number of amides is 1. The van der Waals surface area contributed by atoms with Crippen LogP contribution in [0.4, 0.5) is 4.79 Å². The minimum atomic E-state index is -0.562. The van der Waals surface area contributed by atoms with Gasteiger partial charge in [-0.3, -0.25) is 0 Å². The van der Waals surface area contributed by atoms with Crippen LogP contribution < -0.4 is 10.4 Å². The Balaban J connectivity index is 2.13. The zero-order chi connectivity index (χ0) is 20.7. The Morgan fingerprint density at radius 2 is 2.00 bits per heavy atom. The molecular weight excluding hydrogens is 434 g/mol. The summed E-state index contributed by atoms with van der Waals surface area (Å²) in [5.41, 5.74) is 0.256. The molecule has 8 nitrogen and oxygen atoms in total. The standard InChI is InChI=1S/C19H22BrNO7/c1-12(22)5-4-6-21(2)19(24)26-10-13-7-18(23)28-16-9-17(27-11-25-3)15(20)8-14(13)16/h7-9H,4-6,10-11H2,1-3H3. The lowest BCUT2D eigenvalue weighted by Crippen LogP contribution is -2.28. The number of carbonyl (C=O) groups excluding carboxylic acids is 2. The largest absolute Gasteiger partial charge is 0.466 e. The Bertz CT molecular complexity index is 909. The summed E-state index contributed by atoms with van der Waals surface area (Å²) < 4.78 is 21.4. The Kier molecular flexibility index (Phi) is 8.01. The van der Waals surface area contributed by atoms with Gasteiger partial charge in [-0.05, 0) is 35.3 Å². The molecule has 0 radical (unpaired) electrons. The maximum atomic E-state index is 12.1. The first-order valence-corrected chi connectivity index (χ1v) is 9.36. The summed E-state index contributed by atoms with van der Waals surface area (Å²) in [4.78, 5) is 36.4. The first kappa shape index (κ1) is 21.9. The molecule has 1 heterocycles.